The van der Waals surface area contributed by atoms with Crippen LogP contribution in [-0.2, 0) is 13.2 Å². The first-order valence-electron chi connectivity index (χ1n) is 11.2. The Morgan fingerprint density at radius 2 is 1.82 bits per heavy atom. The van der Waals surface area contributed by atoms with Gasteiger partial charge in [0.05, 0.1) is 24.8 Å². The fraction of sp³-hybridized carbons (Fsp3) is 0.250. The highest BCUT2D eigenvalue weighted by molar-refractivity contribution is 5.75. The third kappa shape index (κ3) is 5.55. The molecule has 0 amide bonds. The van der Waals surface area contributed by atoms with Gasteiger partial charge in [-0.05, 0) is 67.8 Å². The smallest absolute Gasteiger partial charge is 0.161 e. The van der Waals surface area contributed by atoms with Crippen LogP contribution in [0.2, 0.25) is 0 Å². The van der Waals surface area contributed by atoms with E-state index in [9.17, 15) is 0 Å². The standard InChI is InChI=1S/C28H30N2O3/c1-4-9-22-14-15-26(27(19-22)31-3)33-20-28-29-24-12-5-6-13-25(24)30(28)16-8-17-32-23-11-7-10-21(2)18-23/h4-7,9-15,18-19H,8,16-17,20H2,1-3H3/b9-4-. The van der Waals surface area contributed by atoms with Gasteiger partial charge < -0.3 is 18.8 Å². The van der Waals surface area contributed by atoms with E-state index >= 15 is 0 Å². The molecule has 170 valence electrons. The number of allylic oxidation sites excluding steroid dienone is 1. The summed E-state index contributed by atoms with van der Waals surface area (Å²) in [6, 6.07) is 22.2. The van der Waals surface area contributed by atoms with E-state index < -0.39 is 0 Å². The van der Waals surface area contributed by atoms with Crippen molar-refractivity contribution < 1.29 is 14.2 Å². The molecule has 0 saturated heterocycles. The van der Waals surface area contributed by atoms with Crippen molar-refractivity contribution in [3.8, 4) is 17.2 Å². The maximum absolute atomic E-state index is 6.14. The van der Waals surface area contributed by atoms with Gasteiger partial charge in [0.15, 0.2) is 11.5 Å². The molecule has 1 aromatic heterocycles. The van der Waals surface area contributed by atoms with E-state index in [4.69, 9.17) is 19.2 Å². The molecule has 0 bridgehead atoms. The molecule has 0 N–H and O–H groups in total. The van der Waals surface area contributed by atoms with Crippen LogP contribution < -0.4 is 14.2 Å². The third-order valence-electron chi connectivity index (χ3n) is 5.42. The van der Waals surface area contributed by atoms with Gasteiger partial charge in [-0.15, -0.1) is 0 Å². The maximum atomic E-state index is 6.14. The number of benzene rings is 3. The van der Waals surface area contributed by atoms with Gasteiger partial charge in [0.1, 0.15) is 18.2 Å². The van der Waals surface area contributed by atoms with Crippen molar-refractivity contribution in [1.29, 1.82) is 0 Å². The predicted molar refractivity (Wildman–Crippen MR) is 133 cm³/mol. The fourth-order valence-electron chi connectivity index (χ4n) is 3.84. The van der Waals surface area contributed by atoms with Gasteiger partial charge in [-0.3, -0.25) is 0 Å². The Hall–Kier alpha value is -3.73. The monoisotopic (exact) mass is 442 g/mol. The number of fused-ring (bicyclic) bond motifs is 1. The Labute approximate surface area is 195 Å². The quantitative estimate of drug-likeness (QED) is 0.265. The van der Waals surface area contributed by atoms with Crippen molar-refractivity contribution in [2.45, 2.75) is 33.4 Å². The largest absolute Gasteiger partial charge is 0.494 e. The first-order chi connectivity index (χ1) is 16.2. The molecule has 1 heterocycles. The molecule has 3 aromatic carbocycles. The summed E-state index contributed by atoms with van der Waals surface area (Å²) in [5, 5.41) is 0. The predicted octanol–water partition coefficient (Wildman–Crippen LogP) is 6.43. The fourth-order valence-corrected chi connectivity index (χ4v) is 3.84. The molecular formula is C28H30N2O3. The van der Waals surface area contributed by atoms with Crippen LogP contribution in [0.1, 0.15) is 30.3 Å². The van der Waals surface area contributed by atoms with E-state index in [1.54, 1.807) is 7.11 Å². The average molecular weight is 443 g/mol. The van der Waals surface area contributed by atoms with E-state index in [1.807, 2.05) is 67.6 Å². The van der Waals surface area contributed by atoms with Crippen LogP contribution in [0.4, 0.5) is 0 Å². The van der Waals surface area contributed by atoms with Gasteiger partial charge in [-0.2, -0.15) is 0 Å². The second-order valence-electron chi connectivity index (χ2n) is 7.89. The lowest BCUT2D eigenvalue weighted by Gasteiger charge is -2.13. The maximum Gasteiger partial charge on any atom is 0.161 e. The summed E-state index contributed by atoms with van der Waals surface area (Å²) in [7, 11) is 1.66. The van der Waals surface area contributed by atoms with Crippen molar-refractivity contribution in [3.05, 3.63) is 89.8 Å². The van der Waals surface area contributed by atoms with Crippen LogP contribution in [0.15, 0.2) is 72.8 Å². The summed E-state index contributed by atoms with van der Waals surface area (Å²) in [4.78, 5) is 4.82. The van der Waals surface area contributed by atoms with Crippen LogP contribution in [-0.4, -0.2) is 23.3 Å². The molecule has 0 spiro atoms. The van der Waals surface area contributed by atoms with Gasteiger partial charge >= 0.3 is 0 Å². The Kier molecular flexibility index (Phi) is 7.30. The molecule has 0 aliphatic rings. The summed E-state index contributed by atoms with van der Waals surface area (Å²) in [6.45, 7) is 5.85. The van der Waals surface area contributed by atoms with Crippen LogP contribution in [0.3, 0.4) is 0 Å². The number of hydrogen-bond acceptors (Lipinski definition) is 4. The van der Waals surface area contributed by atoms with E-state index in [1.165, 1.54) is 5.56 Å². The van der Waals surface area contributed by atoms with Crippen LogP contribution in [0, 0.1) is 6.92 Å². The normalized spacial score (nSPS) is 11.2. The first kappa shape index (κ1) is 22.5. The van der Waals surface area contributed by atoms with E-state index in [0.717, 1.165) is 41.1 Å². The van der Waals surface area contributed by atoms with Gasteiger partial charge in [0.25, 0.3) is 0 Å². The van der Waals surface area contributed by atoms with Crippen LogP contribution in [0.5, 0.6) is 17.2 Å². The molecule has 0 saturated carbocycles. The van der Waals surface area contributed by atoms with Crippen molar-refractivity contribution in [2.75, 3.05) is 13.7 Å². The summed E-state index contributed by atoms with van der Waals surface area (Å²) in [6.07, 6.45) is 4.90. The molecule has 0 unspecified atom stereocenters. The Bertz CT molecular complexity index is 1240. The van der Waals surface area contributed by atoms with Gasteiger partial charge in [-0.1, -0.05) is 42.5 Å². The minimum atomic E-state index is 0.354. The number of ether oxygens (including phenoxy) is 3. The molecule has 0 aliphatic carbocycles. The lowest BCUT2D eigenvalue weighted by Crippen LogP contribution is -2.10. The second-order valence-corrected chi connectivity index (χ2v) is 7.89. The zero-order valence-electron chi connectivity index (χ0n) is 19.5. The Morgan fingerprint density at radius 3 is 2.64 bits per heavy atom. The van der Waals surface area contributed by atoms with Crippen molar-refractivity contribution in [3.63, 3.8) is 0 Å². The number of imidazole rings is 1. The summed E-state index contributed by atoms with van der Waals surface area (Å²) >= 11 is 0. The number of methoxy groups -OCH3 is 1. The van der Waals surface area contributed by atoms with E-state index in [0.29, 0.717) is 24.7 Å². The number of hydrogen-bond donors (Lipinski definition) is 0. The van der Waals surface area contributed by atoms with Crippen molar-refractivity contribution in [2.24, 2.45) is 0 Å². The summed E-state index contributed by atoms with van der Waals surface area (Å²) in [5.41, 5.74) is 4.33. The van der Waals surface area contributed by atoms with Gasteiger partial charge in [0, 0.05) is 6.54 Å². The molecule has 0 aliphatic heterocycles. The number of nitrogens with zero attached hydrogens (tertiary/aromatic N) is 2. The van der Waals surface area contributed by atoms with Crippen molar-refractivity contribution >= 4 is 17.1 Å². The van der Waals surface area contributed by atoms with Crippen molar-refractivity contribution in [1.82, 2.24) is 9.55 Å². The highest BCUT2D eigenvalue weighted by Crippen LogP contribution is 2.29. The highest BCUT2D eigenvalue weighted by atomic mass is 16.5. The molecular weight excluding hydrogens is 412 g/mol. The van der Waals surface area contributed by atoms with E-state index in [2.05, 4.69) is 29.7 Å². The highest BCUT2D eigenvalue weighted by Gasteiger charge is 2.13. The zero-order chi connectivity index (χ0) is 23.0. The number of rotatable bonds is 10. The second kappa shape index (κ2) is 10.7. The first-order valence-corrected chi connectivity index (χ1v) is 11.2. The lowest BCUT2D eigenvalue weighted by molar-refractivity contribution is 0.267. The summed E-state index contributed by atoms with van der Waals surface area (Å²) in [5.74, 6) is 3.20. The molecule has 33 heavy (non-hydrogen) atoms. The third-order valence-corrected chi connectivity index (χ3v) is 5.42. The molecule has 0 radical (unpaired) electrons. The zero-order valence-corrected chi connectivity index (χ0v) is 19.5. The Balaban J connectivity index is 1.47. The van der Waals surface area contributed by atoms with Crippen LogP contribution in [0.25, 0.3) is 17.1 Å². The minimum absolute atomic E-state index is 0.354. The van der Waals surface area contributed by atoms with Gasteiger partial charge in [-0.25, -0.2) is 4.98 Å². The average Bonchev–Trinajstić information content (AvgIpc) is 3.18. The number of para-hydroxylation sites is 2. The SMILES string of the molecule is C/C=C\c1ccc(OCc2nc3ccccc3n2CCCOc2cccc(C)c2)c(OC)c1. The molecule has 4 aromatic rings. The topological polar surface area (TPSA) is 45.5 Å². The minimum Gasteiger partial charge on any atom is -0.494 e. The van der Waals surface area contributed by atoms with E-state index in [-0.39, 0.29) is 0 Å². The molecule has 4 rings (SSSR count). The molecule has 0 fully saturated rings. The molecule has 5 nitrogen and oxygen atoms in total. The van der Waals surface area contributed by atoms with Crippen LogP contribution >= 0.6 is 0 Å². The number of aromatic nitrogens is 2. The molecule has 0 atom stereocenters. The molecule has 5 heteroatoms. The lowest BCUT2D eigenvalue weighted by atomic mass is 10.2. The van der Waals surface area contributed by atoms with Gasteiger partial charge in [0.2, 0.25) is 0 Å². The summed E-state index contributed by atoms with van der Waals surface area (Å²) < 4.78 is 19.8. The Morgan fingerprint density at radius 1 is 0.939 bits per heavy atom. The number of aryl methyl sites for hydroxylation is 2.